The summed E-state index contributed by atoms with van der Waals surface area (Å²) in [5.41, 5.74) is -0.950. The van der Waals surface area contributed by atoms with Crippen molar-refractivity contribution in [1.29, 1.82) is 0 Å². The summed E-state index contributed by atoms with van der Waals surface area (Å²) in [4.78, 5) is 17.7. The average Bonchev–Trinajstić information content (AvgIpc) is 3.31. The molecule has 1 saturated carbocycles. The Morgan fingerprint density at radius 3 is 2.44 bits per heavy atom. The molecular formula is C22H21F8N3O3. The highest BCUT2D eigenvalue weighted by Crippen LogP contribution is 2.39. The number of amides is 1. The predicted molar refractivity (Wildman–Crippen MR) is 110 cm³/mol. The quantitative estimate of drug-likeness (QED) is 0.469. The van der Waals surface area contributed by atoms with Crippen molar-refractivity contribution in [2.75, 3.05) is 23.3 Å². The van der Waals surface area contributed by atoms with Crippen LogP contribution < -0.4 is 15.0 Å². The highest BCUT2D eigenvalue weighted by molar-refractivity contribution is 6.03. The van der Waals surface area contributed by atoms with Gasteiger partial charge in [0.1, 0.15) is 12.2 Å². The maximum Gasteiger partial charge on any atom is 0.396 e. The molecule has 1 N–H and O–H groups in total. The van der Waals surface area contributed by atoms with E-state index in [2.05, 4.69) is 10.3 Å². The predicted octanol–water partition coefficient (Wildman–Crippen LogP) is 5.97. The second kappa shape index (κ2) is 9.43. The van der Waals surface area contributed by atoms with Crippen molar-refractivity contribution < 1.29 is 49.1 Å². The number of aromatic nitrogens is 1. The number of benzene rings is 1. The van der Waals surface area contributed by atoms with E-state index in [-0.39, 0.29) is 38.0 Å². The second-order valence-corrected chi connectivity index (χ2v) is 8.76. The van der Waals surface area contributed by atoms with E-state index in [0.717, 1.165) is 18.2 Å². The fraction of sp³-hybridized carbons (Fsp3) is 0.545. The Morgan fingerprint density at radius 1 is 1.17 bits per heavy atom. The smallest absolute Gasteiger partial charge is 0.396 e. The number of hydrogen-bond acceptors (Lipinski definition) is 5. The van der Waals surface area contributed by atoms with E-state index < -0.39 is 78.3 Å². The van der Waals surface area contributed by atoms with Gasteiger partial charge in [0.25, 0.3) is 23.8 Å². The molecule has 36 heavy (non-hydrogen) atoms. The zero-order chi connectivity index (χ0) is 26.3. The number of piperidine rings is 1. The van der Waals surface area contributed by atoms with Gasteiger partial charge in [0.15, 0.2) is 23.4 Å². The Kier molecular flexibility index (Phi) is 6.82. The number of alkyl halides is 7. The molecule has 2 heterocycles. The minimum absolute atomic E-state index is 0.0378. The molecule has 1 aromatic heterocycles. The van der Waals surface area contributed by atoms with Gasteiger partial charge in [-0.3, -0.25) is 4.79 Å². The van der Waals surface area contributed by atoms with Gasteiger partial charge in [-0.2, -0.15) is 18.2 Å². The van der Waals surface area contributed by atoms with Crippen molar-refractivity contribution in [3.63, 3.8) is 0 Å². The molecule has 198 valence electrons. The Labute approximate surface area is 199 Å². The van der Waals surface area contributed by atoms with Gasteiger partial charge in [0.05, 0.1) is 0 Å². The number of ether oxygens (including phenoxy) is 1. The number of carbonyl (C=O) groups excluding carboxylic acids is 1. The Balaban J connectivity index is 1.51. The fourth-order valence-electron chi connectivity index (χ4n) is 4.04. The zero-order valence-electron chi connectivity index (χ0n) is 18.6. The lowest BCUT2D eigenvalue weighted by Gasteiger charge is -2.30. The van der Waals surface area contributed by atoms with Crippen molar-refractivity contribution in [2.45, 2.75) is 62.7 Å². The number of rotatable bonds is 6. The number of nitrogens with one attached hydrogen (secondary N) is 1. The number of halogens is 8. The molecule has 1 unspecified atom stereocenters. The van der Waals surface area contributed by atoms with Gasteiger partial charge in [-0.25, -0.2) is 22.0 Å². The number of carbonyl (C=O) groups is 1. The first-order valence-corrected chi connectivity index (χ1v) is 11.1. The summed E-state index contributed by atoms with van der Waals surface area (Å²) in [5, 5.41) is 2.18. The van der Waals surface area contributed by atoms with Crippen LogP contribution >= 0.6 is 0 Å². The SMILES string of the molecule is O=C(Nc1ccc(OC2CCCC2(F)F)c(F)c1)c1nc(N2CCC(F)(F)CC2)oc1CC(F)(F)F. The topological polar surface area (TPSA) is 67.6 Å². The molecule has 2 aliphatic rings. The minimum atomic E-state index is -4.77. The number of hydrogen-bond donors (Lipinski definition) is 1. The van der Waals surface area contributed by atoms with Crippen molar-refractivity contribution >= 4 is 17.6 Å². The molecule has 1 aliphatic carbocycles. The third kappa shape index (κ3) is 6.01. The lowest BCUT2D eigenvalue weighted by molar-refractivity contribution is -0.130. The zero-order valence-corrected chi connectivity index (χ0v) is 18.6. The van der Waals surface area contributed by atoms with Crippen LogP contribution in [0.5, 0.6) is 5.75 Å². The van der Waals surface area contributed by atoms with Gasteiger partial charge < -0.3 is 19.4 Å². The van der Waals surface area contributed by atoms with Crippen LogP contribution in [0.3, 0.4) is 0 Å². The van der Waals surface area contributed by atoms with E-state index in [1.165, 1.54) is 4.90 Å². The van der Waals surface area contributed by atoms with Crippen LogP contribution in [-0.2, 0) is 6.42 Å². The highest BCUT2D eigenvalue weighted by Gasteiger charge is 2.46. The summed E-state index contributed by atoms with van der Waals surface area (Å²) in [7, 11) is 0. The molecule has 4 rings (SSSR count). The third-order valence-electron chi connectivity index (χ3n) is 5.93. The van der Waals surface area contributed by atoms with Crippen LogP contribution in [0, 0.1) is 5.82 Å². The fourth-order valence-corrected chi connectivity index (χ4v) is 4.04. The molecule has 1 saturated heterocycles. The van der Waals surface area contributed by atoms with Crippen molar-refractivity contribution in [1.82, 2.24) is 4.98 Å². The van der Waals surface area contributed by atoms with Gasteiger partial charge in [-0.1, -0.05) is 0 Å². The monoisotopic (exact) mass is 527 g/mol. The van der Waals surface area contributed by atoms with Crippen LogP contribution in [0.25, 0.3) is 0 Å². The second-order valence-electron chi connectivity index (χ2n) is 8.76. The number of nitrogens with zero attached hydrogens (tertiary/aromatic N) is 2. The van der Waals surface area contributed by atoms with Crippen molar-refractivity contribution in [3.8, 4) is 5.75 Å². The van der Waals surface area contributed by atoms with Crippen molar-refractivity contribution in [2.24, 2.45) is 0 Å². The van der Waals surface area contributed by atoms with Crippen LogP contribution in [0.4, 0.5) is 46.8 Å². The Bertz CT molecular complexity index is 1110. The maximum absolute atomic E-state index is 14.4. The van der Waals surface area contributed by atoms with E-state index in [0.29, 0.717) is 0 Å². The van der Waals surface area contributed by atoms with Crippen LogP contribution in [0.2, 0.25) is 0 Å². The molecule has 1 aromatic carbocycles. The standard InChI is InChI=1S/C22H21F8N3O3/c23-13-10-12(3-4-14(13)35-16-2-1-5-21(16,26)27)31-18(34)17-15(11-22(28,29)30)36-19(32-17)33-8-6-20(24,25)7-9-33/h3-4,10,16H,1-2,5-9,11H2,(H,31,34). The van der Waals surface area contributed by atoms with E-state index in [9.17, 15) is 39.9 Å². The molecule has 1 atom stereocenters. The van der Waals surface area contributed by atoms with Crippen molar-refractivity contribution in [3.05, 3.63) is 35.5 Å². The molecule has 0 radical (unpaired) electrons. The highest BCUT2D eigenvalue weighted by atomic mass is 19.4. The lowest BCUT2D eigenvalue weighted by atomic mass is 10.1. The lowest BCUT2D eigenvalue weighted by Crippen LogP contribution is -2.39. The minimum Gasteiger partial charge on any atom is -0.481 e. The summed E-state index contributed by atoms with van der Waals surface area (Å²) in [6.07, 6.45) is -9.17. The van der Waals surface area contributed by atoms with Gasteiger partial charge in [0.2, 0.25) is 0 Å². The number of anilines is 2. The van der Waals surface area contributed by atoms with E-state index in [1.807, 2.05) is 0 Å². The normalized spacial score (nSPS) is 21.4. The van der Waals surface area contributed by atoms with E-state index >= 15 is 0 Å². The maximum atomic E-state index is 14.4. The summed E-state index contributed by atoms with van der Waals surface area (Å²) in [5.74, 6) is -9.57. The van der Waals surface area contributed by atoms with Gasteiger partial charge >= 0.3 is 6.18 Å². The van der Waals surface area contributed by atoms with Crippen LogP contribution in [0.15, 0.2) is 22.6 Å². The summed E-state index contributed by atoms with van der Waals surface area (Å²) in [6, 6.07) is 2.48. The Morgan fingerprint density at radius 2 is 1.86 bits per heavy atom. The molecule has 2 aromatic rings. The molecule has 14 heteroatoms. The third-order valence-corrected chi connectivity index (χ3v) is 5.93. The summed E-state index contributed by atoms with van der Waals surface area (Å²) >= 11 is 0. The molecule has 0 bridgehead atoms. The molecule has 1 amide bonds. The Hall–Kier alpha value is -3.06. The van der Waals surface area contributed by atoms with Gasteiger partial charge in [-0.15, -0.1) is 0 Å². The summed E-state index contributed by atoms with van der Waals surface area (Å²) in [6.45, 7) is -0.487. The van der Waals surface area contributed by atoms with E-state index in [4.69, 9.17) is 9.15 Å². The van der Waals surface area contributed by atoms with Crippen LogP contribution in [0.1, 0.15) is 48.4 Å². The summed E-state index contributed by atoms with van der Waals surface area (Å²) < 4.78 is 118. The van der Waals surface area contributed by atoms with Gasteiger partial charge in [-0.05, 0) is 25.0 Å². The number of oxazole rings is 1. The molecular weight excluding hydrogens is 506 g/mol. The first-order chi connectivity index (χ1) is 16.7. The average molecular weight is 527 g/mol. The first-order valence-electron chi connectivity index (χ1n) is 11.1. The van der Waals surface area contributed by atoms with Crippen LogP contribution in [-0.4, -0.2) is 48.1 Å². The first kappa shape index (κ1) is 26.0. The largest absolute Gasteiger partial charge is 0.481 e. The van der Waals surface area contributed by atoms with Gasteiger partial charge in [0, 0.05) is 44.1 Å². The van der Waals surface area contributed by atoms with E-state index in [1.54, 1.807) is 0 Å². The molecule has 0 spiro atoms. The molecule has 1 aliphatic heterocycles. The molecule has 6 nitrogen and oxygen atoms in total. The molecule has 2 fully saturated rings.